The van der Waals surface area contributed by atoms with Gasteiger partial charge in [-0.25, -0.2) is 9.36 Å². The maximum absolute atomic E-state index is 4.99. The minimum Gasteiger partial charge on any atom is -0.346 e. The molecule has 9 heteroatoms. The van der Waals surface area contributed by atoms with Crippen molar-refractivity contribution in [1.82, 2.24) is 34.1 Å². The largest absolute Gasteiger partial charge is 2.00 e. The van der Waals surface area contributed by atoms with E-state index in [4.69, 9.17) is 4.98 Å². The average Bonchev–Trinajstić information content (AvgIpc) is 3.90. The van der Waals surface area contributed by atoms with E-state index in [2.05, 4.69) is 86.5 Å². The first kappa shape index (κ1) is 27.4. The van der Waals surface area contributed by atoms with Gasteiger partial charge in [0.25, 0.3) is 0 Å². The smallest absolute Gasteiger partial charge is 0.346 e. The van der Waals surface area contributed by atoms with E-state index in [1.165, 1.54) is 0 Å². The molecular weight excluding hydrogens is 758 g/mol. The summed E-state index contributed by atoms with van der Waals surface area (Å²) >= 11 is 1.66. The Kier molecular flexibility index (Phi) is 6.74. The second-order valence-corrected chi connectivity index (χ2v) is 11.4. The Bertz CT molecular complexity index is 2440. The molecule has 0 bridgehead atoms. The molecule has 9 rings (SSSR count). The molecule has 4 aromatic carbocycles. The number of nitrogens with zero attached hydrogens (tertiary/aromatic N) is 7. The summed E-state index contributed by atoms with van der Waals surface area (Å²) in [6.45, 7) is 0. The van der Waals surface area contributed by atoms with Crippen LogP contribution < -0.4 is 0 Å². The zero-order valence-corrected chi connectivity index (χ0v) is 26.6. The van der Waals surface area contributed by atoms with Crippen molar-refractivity contribution in [2.45, 2.75) is 0 Å². The van der Waals surface area contributed by atoms with Gasteiger partial charge in [0.1, 0.15) is 0 Å². The van der Waals surface area contributed by atoms with Gasteiger partial charge >= 0.3 is 21.1 Å². The van der Waals surface area contributed by atoms with Gasteiger partial charge in [0.15, 0.2) is 0 Å². The van der Waals surface area contributed by atoms with Crippen LogP contribution in [-0.2, 0) is 21.1 Å². The quantitative estimate of drug-likeness (QED) is 0.166. The Morgan fingerprint density at radius 2 is 1.47 bits per heavy atom. The number of thiazole rings is 1. The molecule has 0 spiro atoms. The topological polar surface area (TPSA) is 66.3 Å². The first-order chi connectivity index (χ1) is 21.8. The molecule has 7 nitrogen and oxygen atoms in total. The number of aromatic nitrogens is 7. The van der Waals surface area contributed by atoms with Crippen LogP contribution in [0.5, 0.6) is 0 Å². The van der Waals surface area contributed by atoms with Gasteiger partial charge in [-0.3, -0.25) is 4.98 Å². The zero-order valence-electron chi connectivity index (χ0n) is 23.5. The minimum atomic E-state index is 0. The Hall–Kier alpha value is -5.17. The second kappa shape index (κ2) is 11.1. The molecule has 0 saturated carbocycles. The fourth-order valence-corrected chi connectivity index (χ4v) is 6.70. The Balaban J connectivity index is 0.00000300. The van der Waals surface area contributed by atoms with Crippen LogP contribution in [0.15, 0.2) is 128 Å². The van der Waals surface area contributed by atoms with Gasteiger partial charge in [0.2, 0.25) is 0 Å². The van der Waals surface area contributed by atoms with Gasteiger partial charge in [-0.15, -0.1) is 53.6 Å². The van der Waals surface area contributed by atoms with Crippen LogP contribution >= 0.6 is 11.3 Å². The minimum absolute atomic E-state index is 0. The van der Waals surface area contributed by atoms with Crippen LogP contribution in [0.4, 0.5) is 0 Å². The third kappa shape index (κ3) is 4.70. The Labute approximate surface area is 276 Å². The van der Waals surface area contributed by atoms with Gasteiger partial charge in [-0.2, -0.15) is 21.5 Å². The monoisotopic (exact) mass is 778 g/mol. The molecule has 0 aliphatic rings. The maximum Gasteiger partial charge on any atom is 2.00 e. The van der Waals surface area contributed by atoms with E-state index in [9.17, 15) is 0 Å². The normalized spacial score (nSPS) is 11.4. The summed E-state index contributed by atoms with van der Waals surface area (Å²) in [7, 11) is 0. The summed E-state index contributed by atoms with van der Waals surface area (Å²) in [5.41, 5.74) is 8.65. The van der Waals surface area contributed by atoms with Crippen molar-refractivity contribution >= 4 is 43.4 Å². The van der Waals surface area contributed by atoms with E-state index < -0.39 is 0 Å². The third-order valence-corrected chi connectivity index (χ3v) is 8.81. The zero-order chi connectivity index (χ0) is 29.0. The van der Waals surface area contributed by atoms with Crippen molar-refractivity contribution in [3.05, 3.63) is 140 Å². The fraction of sp³-hybridized carbons (Fsp3) is 0. The molecule has 5 heterocycles. The van der Waals surface area contributed by atoms with Crippen molar-refractivity contribution in [2.24, 2.45) is 0 Å². The fourth-order valence-electron chi connectivity index (χ4n) is 5.72. The van der Waals surface area contributed by atoms with Gasteiger partial charge in [-0.05, 0) is 76.9 Å². The number of fused-ring (bicyclic) bond motifs is 4. The van der Waals surface area contributed by atoms with Crippen LogP contribution in [0.25, 0.3) is 70.9 Å². The van der Waals surface area contributed by atoms with Crippen molar-refractivity contribution in [2.75, 3.05) is 0 Å². The molecule has 0 aliphatic carbocycles. The molecule has 0 radical (unpaired) electrons. The molecule has 0 N–H and O–H groups in total. The van der Waals surface area contributed by atoms with Gasteiger partial charge < -0.3 is 9.55 Å². The second-order valence-electron chi connectivity index (χ2n) is 10.4. The van der Waals surface area contributed by atoms with Gasteiger partial charge in [0, 0.05) is 46.2 Å². The molecule has 0 amide bonds. The van der Waals surface area contributed by atoms with Crippen LogP contribution in [-0.4, -0.2) is 34.1 Å². The summed E-state index contributed by atoms with van der Waals surface area (Å²) < 4.78 is 7.08. The first-order valence-electron chi connectivity index (χ1n) is 14.1. The molecule has 5 aromatic heterocycles. The van der Waals surface area contributed by atoms with Crippen LogP contribution in [0, 0.1) is 12.1 Å². The van der Waals surface area contributed by atoms with Crippen molar-refractivity contribution < 1.29 is 21.1 Å². The Morgan fingerprint density at radius 1 is 0.644 bits per heavy atom. The van der Waals surface area contributed by atoms with Crippen LogP contribution in [0.2, 0.25) is 0 Å². The van der Waals surface area contributed by atoms with Crippen molar-refractivity contribution in [3.8, 4) is 38.9 Å². The molecule has 45 heavy (non-hydrogen) atoms. The van der Waals surface area contributed by atoms with Gasteiger partial charge in [-0.1, -0.05) is 17.5 Å². The molecule has 0 atom stereocenters. The molecule has 0 aliphatic heterocycles. The molecule has 0 saturated heterocycles. The third-order valence-electron chi connectivity index (χ3n) is 7.76. The SMILES string of the molecule is [Pt+2].[c-]1c(-c2ccccn2)cccc1-n1c2[c-]c(-c3nc4ccc(-n5cccn5)cc4s3)ccc2c2cc(-n3cccn3)ccc21. The van der Waals surface area contributed by atoms with Crippen molar-refractivity contribution in [1.29, 1.82) is 0 Å². The van der Waals surface area contributed by atoms with E-state index in [1.54, 1.807) is 23.7 Å². The number of benzene rings is 4. The van der Waals surface area contributed by atoms with E-state index >= 15 is 0 Å². The summed E-state index contributed by atoms with van der Waals surface area (Å²) in [5.74, 6) is 0. The molecule has 9 aromatic rings. The summed E-state index contributed by atoms with van der Waals surface area (Å²) in [6, 6.07) is 40.3. The predicted molar refractivity (Wildman–Crippen MR) is 175 cm³/mol. The molecule has 0 fully saturated rings. The number of rotatable bonds is 5. The van der Waals surface area contributed by atoms with Crippen LogP contribution in [0.1, 0.15) is 0 Å². The first-order valence-corrected chi connectivity index (χ1v) is 15.0. The van der Waals surface area contributed by atoms with E-state index in [1.807, 2.05) is 70.4 Å². The number of hydrogen-bond donors (Lipinski definition) is 0. The van der Waals surface area contributed by atoms with Crippen LogP contribution in [0.3, 0.4) is 0 Å². The van der Waals surface area contributed by atoms with Crippen molar-refractivity contribution in [3.63, 3.8) is 0 Å². The van der Waals surface area contributed by atoms with E-state index in [-0.39, 0.29) is 21.1 Å². The number of hydrogen-bond acceptors (Lipinski definition) is 5. The molecule has 216 valence electrons. The number of pyridine rings is 1. The predicted octanol–water partition coefficient (Wildman–Crippen LogP) is 8.09. The average molecular weight is 779 g/mol. The van der Waals surface area contributed by atoms with E-state index in [0.29, 0.717) is 0 Å². The standard InChI is InChI=1S/C36H21N7S.Pt/c1-2-15-37-31(8-1)24-6-3-7-28(20-24)43-33-14-11-26(41-18-4-16-38-41)22-30(33)29-12-9-25(21-34(29)43)36-40-32-13-10-27(23-35(32)44-36)42-19-5-17-39-42;/h1-19,22-23H;/q-2;+2. The molecular formula is C36H21N7PtS. The summed E-state index contributed by atoms with van der Waals surface area (Å²) in [5, 5.41) is 12.0. The Morgan fingerprint density at radius 3 is 2.24 bits per heavy atom. The van der Waals surface area contributed by atoms with Gasteiger partial charge in [0.05, 0.1) is 16.9 Å². The van der Waals surface area contributed by atoms with E-state index in [0.717, 1.165) is 70.9 Å². The summed E-state index contributed by atoms with van der Waals surface area (Å²) in [6.07, 6.45) is 9.29. The summed E-state index contributed by atoms with van der Waals surface area (Å²) in [4.78, 5) is 9.55. The maximum atomic E-state index is 4.99. The molecule has 0 unspecified atom stereocenters.